The van der Waals surface area contributed by atoms with Crippen molar-refractivity contribution in [2.24, 2.45) is 0 Å². The first-order valence-corrected chi connectivity index (χ1v) is 12.0. The van der Waals surface area contributed by atoms with Crippen LogP contribution in [0.5, 0.6) is 0 Å². The Balaban J connectivity index is 0.00000450. The molecule has 1 unspecified atom stereocenters. The van der Waals surface area contributed by atoms with E-state index in [4.69, 9.17) is 0 Å². The third-order valence-corrected chi connectivity index (χ3v) is 6.20. The van der Waals surface area contributed by atoms with E-state index in [2.05, 4.69) is 9.26 Å². The number of benzene rings is 2. The normalized spacial score (nSPS) is 12.3. The van der Waals surface area contributed by atoms with Gasteiger partial charge in [-0.05, 0) is 0 Å². The minimum absolute atomic E-state index is 0. The Morgan fingerprint density at radius 2 is 1.23 bits per heavy atom. The molecule has 0 fully saturated rings. The summed E-state index contributed by atoms with van der Waals surface area (Å²) in [5, 5.41) is -0.430. The van der Waals surface area contributed by atoms with Crippen LogP contribution in [-0.2, 0) is 13.8 Å². The standard InChI is InChI=1S/C19H19O7PS2.Na/c20-17(15-7-3-1-4-8-15)28-13-11-25-19(22)27(23,24)26-12-14-29-18(21)16-9-5-2-6-10-16;/h1-10H,11-14H2,(H,23,24);/q;+1/p-1. The Bertz CT molecular complexity index is 881. The first-order valence-electron chi connectivity index (χ1n) is 8.47. The molecule has 2 aromatic carbocycles. The van der Waals surface area contributed by atoms with E-state index in [1.54, 1.807) is 60.7 Å². The summed E-state index contributed by atoms with van der Waals surface area (Å²) in [6.45, 7) is -0.584. The molecule has 2 rings (SSSR count). The van der Waals surface area contributed by atoms with E-state index in [-0.39, 0.29) is 64.5 Å². The number of ether oxygens (including phenoxy) is 1. The van der Waals surface area contributed by atoms with Crippen molar-refractivity contribution in [3.8, 4) is 0 Å². The molecule has 0 saturated heterocycles. The van der Waals surface area contributed by atoms with Crippen LogP contribution in [0.15, 0.2) is 60.7 Å². The van der Waals surface area contributed by atoms with Gasteiger partial charge in [-0.1, -0.05) is 84.2 Å². The van der Waals surface area contributed by atoms with Crippen LogP contribution in [0.4, 0.5) is 4.79 Å². The molecule has 0 aliphatic carbocycles. The topological polar surface area (TPSA) is 110 Å². The number of rotatable bonds is 10. The summed E-state index contributed by atoms with van der Waals surface area (Å²) in [6, 6.07) is 17.1. The van der Waals surface area contributed by atoms with Gasteiger partial charge in [-0.3, -0.25) is 14.2 Å². The van der Waals surface area contributed by atoms with E-state index in [9.17, 15) is 23.8 Å². The van der Waals surface area contributed by atoms with Crippen LogP contribution in [0.25, 0.3) is 0 Å². The maximum Gasteiger partial charge on any atom is 1.00 e. The van der Waals surface area contributed by atoms with Gasteiger partial charge in [0.2, 0.25) is 17.8 Å². The summed E-state index contributed by atoms with van der Waals surface area (Å²) in [7, 11) is -4.87. The molecule has 30 heavy (non-hydrogen) atoms. The van der Waals surface area contributed by atoms with Gasteiger partial charge in [0, 0.05) is 22.6 Å². The molecule has 0 amide bonds. The largest absolute Gasteiger partial charge is 1.00 e. The molecule has 11 heteroatoms. The summed E-state index contributed by atoms with van der Waals surface area (Å²) >= 11 is 1.80. The molecule has 0 radical (unpaired) electrons. The van der Waals surface area contributed by atoms with Crippen LogP contribution in [0, 0.1) is 0 Å². The molecule has 0 aliphatic rings. The van der Waals surface area contributed by atoms with E-state index in [0.717, 1.165) is 23.5 Å². The van der Waals surface area contributed by atoms with Crippen molar-refractivity contribution in [1.82, 2.24) is 0 Å². The molecular formula is C19H18NaO7PS2. The van der Waals surface area contributed by atoms with Crippen molar-refractivity contribution >= 4 is 47.1 Å². The third kappa shape index (κ3) is 9.49. The predicted molar refractivity (Wildman–Crippen MR) is 111 cm³/mol. The Morgan fingerprint density at radius 1 is 0.800 bits per heavy atom. The number of carbonyl (C=O) groups excluding carboxylic acids is 3. The molecule has 7 nitrogen and oxygen atoms in total. The van der Waals surface area contributed by atoms with Gasteiger partial charge in [0.1, 0.15) is 6.61 Å². The van der Waals surface area contributed by atoms with Crippen molar-refractivity contribution in [3.05, 3.63) is 71.8 Å². The van der Waals surface area contributed by atoms with Gasteiger partial charge in [-0.2, -0.15) is 0 Å². The maximum absolute atomic E-state index is 11.9. The SMILES string of the molecule is O=C(SCCOC(=O)P(=O)([O-])OCCSC(=O)c1ccccc1)c1ccccc1.[Na+]. The average Bonchev–Trinajstić information content (AvgIpc) is 2.75. The fourth-order valence-electron chi connectivity index (χ4n) is 2.00. The minimum atomic E-state index is -4.87. The van der Waals surface area contributed by atoms with Crippen LogP contribution >= 0.6 is 31.1 Å². The van der Waals surface area contributed by atoms with E-state index in [1.807, 2.05) is 0 Å². The quantitative estimate of drug-likeness (QED) is 0.280. The molecule has 0 aromatic heterocycles. The van der Waals surface area contributed by atoms with Gasteiger partial charge < -0.3 is 14.2 Å². The Kier molecular flexibility index (Phi) is 12.9. The molecule has 154 valence electrons. The summed E-state index contributed by atoms with van der Waals surface area (Å²) in [4.78, 5) is 47.1. The Morgan fingerprint density at radius 3 is 1.70 bits per heavy atom. The fourth-order valence-corrected chi connectivity index (χ4v) is 4.12. The first kappa shape index (κ1) is 27.1. The van der Waals surface area contributed by atoms with E-state index >= 15 is 0 Å². The monoisotopic (exact) mass is 476 g/mol. The van der Waals surface area contributed by atoms with E-state index < -0.39 is 13.3 Å². The van der Waals surface area contributed by atoms with E-state index in [0.29, 0.717) is 11.1 Å². The summed E-state index contributed by atoms with van der Waals surface area (Å²) < 4.78 is 21.0. The van der Waals surface area contributed by atoms with Crippen LogP contribution in [0.1, 0.15) is 20.7 Å². The van der Waals surface area contributed by atoms with Gasteiger partial charge in [0.05, 0.1) is 6.61 Å². The second-order valence-electron chi connectivity index (χ2n) is 5.45. The van der Waals surface area contributed by atoms with Crippen LogP contribution in [0.3, 0.4) is 0 Å². The Hall–Kier alpha value is -0.900. The van der Waals surface area contributed by atoms with Gasteiger partial charge in [-0.25, -0.2) is 4.79 Å². The van der Waals surface area contributed by atoms with Crippen LogP contribution < -0.4 is 34.5 Å². The average molecular weight is 476 g/mol. The number of thioether (sulfide) groups is 2. The molecule has 1 atom stereocenters. The van der Waals surface area contributed by atoms with Crippen molar-refractivity contribution in [2.45, 2.75) is 0 Å². The zero-order valence-electron chi connectivity index (χ0n) is 16.2. The molecule has 2 aromatic rings. The van der Waals surface area contributed by atoms with E-state index in [1.165, 1.54) is 0 Å². The van der Waals surface area contributed by atoms with Crippen molar-refractivity contribution in [2.75, 3.05) is 24.7 Å². The second kappa shape index (κ2) is 14.2. The maximum atomic E-state index is 11.9. The van der Waals surface area contributed by atoms with Crippen molar-refractivity contribution < 1.29 is 62.7 Å². The molecule has 0 N–H and O–H groups in total. The second-order valence-corrected chi connectivity index (χ2v) is 9.20. The van der Waals surface area contributed by atoms with Crippen molar-refractivity contribution in [1.29, 1.82) is 0 Å². The van der Waals surface area contributed by atoms with Gasteiger partial charge in [0.15, 0.2) is 0 Å². The number of carbonyl (C=O) groups is 3. The minimum Gasteiger partial charge on any atom is -0.770 e. The summed E-state index contributed by atoms with van der Waals surface area (Å²) in [5.41, 5.74) is -0.501. The zero-order valence-corrected chi connectivity index (χ0v) is 20.8. The molecular weight excluding hydrogens is 458 g/mol. The number of hydrogen-bond acceptors (Lipinski definition) is 9. The molecule has 0 aliphatic heterocycles. The van der Waals surface area contributed by atoms with Crippen molar-refractivity contribution in [3.63, 3.8) is 0 Å². The predicted octanol–water partition coefficient (Wildman–Crippen LogP) is 0.844. The van der Waals surface area contributed by atoms with Crippen LogP contribution in [-0.4, -0.2) is 40.7 Å². The van der Waals surface area contributed by atoms with Gasteiger partial charge in [-0.15, -0.1) is 0 Å². The summed E-state index contributed by atoms with van der Waals surface area (Å²) in [6.07, 6.45) is 0. The van der Waals surface area contributed by atoms with Gasteiger partial charge in [0.25, 0.3) is 0 Å². The van der Waals surface area contributed by atoms with Crippen LogP contribution in [0.2, 0.25) is 0 Å². The zero-order chi connectivity index (χ0) is 21.1. The fraction of sp³-hybridized carbons (Fsp3) is 0.211. The molecule has 0 heterocycles. The molecule has 0 spiro atoms. The third-order valence-electron chi connectivity index (χ3n) is 3.36. The summed E-state index contributed by atoms with van der Waals surface area (Å²) in [5.74, 6) is 0.176. The smallest absolute Gasteiger partial charge is 0.770 e. The Labute approximate surface area is 205 Å². The number of hydrogen-bond donors (Lipinski definition) is 0. The molecule has 0 bridgehead atoms. The first-order chi connectivity index (χ1) is 13.9. The van der Waals surface area contributed by atoms with Gasteiger partial charge >= 0.3 is 35.3 Å². The molecule has 0 saturated carbocycles.